The molecule has 5 rings (SSSR count). The fourth-order valence-electron chi connectivity index (χ4n) is 4.08. The lowest BCUT2D eigenvalue weighted by Crippen LogP contribution is -2.33. The van der Waals surface area contributed by atoms with E-state index in [1.54, 1.807) is 6.07 Å². The molecule has 0 spiro atoms. The molecule has 0 amide bonds. The predicted molar refractivity (Wildman–Crippen MR) is 138 cm³/mol. The number of aromatic carboxylic acids is 1. The van der Waals surface area contributed by atoms with Crippen molar-refractivity contribution in [3.05, 3.63) is 63.5 Å². The highest BCUT2D eigenvalue weighted by Crippen LogP contribution is 2.29. The molecule has 0 radical (unpaired) electrons. The maximum absolute atomic E-state index is 11.6. The van der Waals surface area contributed by atoms with Crippen LogP contribution in [-0.2, 0) is 26.6 Å². The van der Waals surface area contributed by atoms with Crippen LogP contribution in [0.2, 0.25) is 0 Å². The molecule has 2 aromatic carbocycles. The second kappa shape index (κ2) is 12.2. The van der Waals surface area contributed by atoms with Gasteiger partial charge in [0.2, 0.25) is 0 Å². The number of nitrogens with one attached hydrogen (secondary N) is 1. The van der Waals surface area contributed by atoms with Gasteiger partial charge in [0, 0.05) is 24.9 Å². The van der Waals surface area contributed by atoms with Crippen molar-refractivity contribution in [3.63, 3.8) is 0 Å². The lowest BCUT2D eigenvalue weighted by Gasteiger charge is -2.27. The SMILES string of the molecule is COC(=O)c1ccc2nc(CCl)n(CC3COC3)c2c1.O=C(O)c1cccc(NCC2COC2)c1[N+](=O)[O-]. The minimum absolute atomic E-state index is 0.229. The number of nitro benzene ring substituents is 1. The summed E-state index contributed by atoms with van der Waals surface area (Å²) >= 11 is 5.97. The summed E-state index contributed by atoms with van der Waals surface area (Å²) in [5, 5.41) is 22.8. The number of methoxy groups -OCH3 is 1. The number of para-hydroxylation sites is 1. The van der Waals surface area contributed by atoms with Gasteiger partial charge in [0.05, 0.1) is 60.9 Å². The number of hydrogen-bond acceptors (Lipinski definition) is 9. The Balaban J connectivity index is 0.000000178. The number of ether oxygens (including phenoxy) is 3. The van der Waals surface area contributed by atoms with E-state index in [1.165, 1.54) is 25.3 Å². The molecule has 0 aliphatic carbocycles. The van der Waals surface area contributed by atoms with Crippen LogP contribution in [0.25, 0.3) is 11.0 Å². The summed E-state index contributed by atoms with van der Waals surface area (Å²) in [6.45, 7) is 4.11. The molecule has 0 atom stereocenters. The predicted octanol–water partition coefficient (Wildman–Crippen LogP) is 3.56. The summed E-state index contributed by atoms with van der Waals surface area (Å²) in [6, 6.07) is 9.56. The molecule has 38 heavy (non-hydrogen) atoms. The van der Waals surface area contributed by atoms with Gasteiger partial charge in [-0.25, -0.2) is 14.6 Å². The number of carbonyl (C=O) groups is 2. The zero-order valence-corrected chi connectivity index (χ0v) is 21.3. The van der Waals surface area contributed by atoms with Crippen LogP contribution < -0.4 is 5.32 Å². The number of nitrogens with zero attached hydrogens (tertiary/aromatic N) is 3. The van der Waals surface area contributed by atoms with Crippen LogP contribution in [0, 0.1) is 22.0 Å². The minimum Gasteiger partial charge on any atom is -0.477 e. The molecule has 0 bridgehead atoms. The van der Waals surface area contributed by atoms with E-state index in [9.17, 15) is 19.7 Å². The van der Waals surface area contributed by atoms with Crippen molar-refractivity contribution in [3.8, 4) is 0 Å². The van der Waals surface area contributed by atoms with Crippen LogP contribution in [0.1, 0.15) is 26.5 Å². The highest BCUT2D eigenvalue weighted by Gasteiger charge is 2.26. The Labute approximate surface area is 222 Å². The summed E-state index contributed by atoms with van der Waals surface area (Å²) in [4.78, 5) is 37.4. The van der Waals surface area contributed by atoms with Gasteiger partial charge in [0.25, 0.3) is 0 Å². The highest BCUT2D eigenvalue weighted by atomic mass is 35.5. The molecule has 2 aliphatic rings. The smallest absolute Gasteiger partial charge is 0.342 e. The molecule has 0 unspecified atom stereocenters. The number of aromatic nitrogens is 2. The lowest BCUT2D eigenvalue weighted by molar-refractivity contribution is -0.384. The van der Waals surface area contributed by atoms with E-state index in [0.29, 0.717) is 43.0 Å². The van der Waals surface area contributed by atoms with Crippen molar-refractivity contribution >= 4 is 45.9 Å². The van der Waals surface area contributed by atoms with E-state index in [-0.39, 0.29) is 17.2 Å². The molecule has 2 saturated heterocycles. The minimum atomic E-state index is -1.31. The monoisotopic (exact) mass is 546 g/mol. The number of carboxylic acid groups (broad SMARTS) is 1. The van der Waals surface area contributed by atoms with Gasteiger partial charge in [0.15, 0.2) is 0 Å². The number of imidazole rings is 1. The molecule has 0 saturated carbocycles. The van der Waals surface area contributed by atoms with Gasteiger partial charge in [-0.15, -0.1) is 11.6 Å². The number of anilines is 1. The summed E-state index contributed by atoms with van der Waals surface area (Å²) in [7, 11) is 1.37. The number of benzene rings is 2. The zero-order valence-electron chi connectivity index (χ0n) is 20.6. The molecular formula is C25H27ClN4O8. The van der Waals surface area contributed by atoms with Crippen molar-refractivity contribution in [2.24, 2.45) is 11.8 Å². The molecule has 202 valence electrons. The van der Waals surface area contributed by atoms with Crippen LogP contribution in [0.4, 0.5) is 11.4 Å². The largest absolute Gasteiger partial charge is 0.477 e. The third-order valence-corrected chi connectivity index (χ3v) is 6.49. The first-order valence-electron chi connectivity index (χ1n) is 11.9. The maximum atomic E-state index is 11.6. The van der Waals surface area contributed by atoms with Crippen molar-refractivity contribution in [2.75, 3.05) is 45.4 Å². The molecule has 3 heterocycles. The summed E-state index contributed by atoms with van der Waals surface area (Å²) in [5.74, 6) is 0.303. The maximum Gasteiger partial charge on any atom is 0.342 e. The summed E-state index contributed by atoms with van der Waals surface area (Å²) in [6.07, 6.45) is 0. The first-order valence-corrected chi connectivity index (χ1v) is 12.4. The number of carboxylic acids is 1. The number of fused-ring (bicyclic) bond motifs is 1. The van der Waals surface area contributed by atoms with Gasteiger partial charge in [-0.2, -0.15) is 0 Å². The Bertz CT molecular complexity index is 1340. The third-order valence-electron chi connectivity index (χ3n) is 6.25. The zero-order chi connectivity index (χ0) is 27.2. The average molecular weight is 547 g/mol. The van der Waals surface area contributed by atoms with E-state index in [1.807, 2.05) is 12.1 Å². The van der Waals surface area contributed by atoms with E-state index in [4.69, 9.17) is 30.9 Å². The van der Waals surface area contributed by atoms with Crippen molar-refractivity contribution in [2.45, 2.75) is 12.4 Å². The standard InChI is InChI=1S/C14H15ClN2O3.C11H12N2O5/c1-19-14(18)10-2-3-11-12(4-10)17(13(5-15)16-11)6-9-7-20-8-9;14-11(15)8-2-1-3-9(10(8)13(16)17)12-4-7-5-18-6-7/h2-4,9H,5-8H2,1H3;1-3,7,12H,4-6H2,(H,14,15). The van der Waals surface area contributed by atoms with Crippen molar-refractivity contribution in [1.82, 2.24) is 9.55 Å². The van der Waals surface area contributed by atoms with Crippen LogP contribution in [0.15, 0.2) is 36.4 Å². The van der Waals surface area contributed by atoms with E-state index in [2.05, 4.69) is 14.9 Å². The molecule has 2 aliphatic heterocycles. The van der Waals surface area contributed by atoms with Gasteiger partial charge in [-0.3, -0.25) is 10.1 Å². The molecular weight excluding hydrogens is 520 g/mol. The Morgan fingerprint density at radius 2 is 1.92 bits per heavy atom. The number of rotatable bonds is 9. The van der Waals surface area contributed by atoms with E-state index in [0.717, 1.165) is 36.6 Å². The van der Waals surface area contributed by atoms with Gasteiger partial charge >= 0.3 is 17.6 Å². The van der Waals surface area contributed by atoms with E-state index >= 15 is 0 Å². The first-order chi connectivity index (χ1) is 18.3. The summed E-state index contributed by atoms with van der Waals surface area (Å²) in [5.41, 5.74) is 1.79. The topological polar surface area (TPSA) is 155 Å². The van der Waals surface area contributed by atoms with Crippen LogP contribution in [0.3, 0.4) is 0 Å². The molecule has 2 N–H and O–H groups in total. The van der Waals surface area contributed by atoms with E-state index < -0.39 is 16.6 Å². The quantitative estimate of drug-likeness (QED) is 0.176. The van der Waals surface area contributed by atoms with Crippen molar-refractivity contribution < 1.29 is 33.8 Å². The molecule has 12 nitrogen and oxygen atoms in total. The Hall–Kier alpha value is -3.74. The number of halogens is 1. The fraction of sp³-hybridized carbons (Fsp3) is 0.400. The molecule has 2 fully saturated rings. The normalized spacial score (nSPS) is 15.1. The van der Waals surface area contributed by atoms with Crippen LogP contribution in [-0.4, -0.2) is 71.6 Å². The van der Waals surface area contributed by atoms with Gasteiger partial charge < -0.3 is 29.2 Å². The second-order valence-corrected chi connectivity index (χ2v) is 9.19. The third kappa shape index (κ3) is 6.04. The molecule has 13 heteroatoms. The Kier molecular flexibility index (Phi) is 8.77. The van der Waals surface area contributed by atoms with Crippen LogP contribution in [0.5, 0.6) is 0 Å². The summed E-state index contributed by atoms with van der Waals surface area (Å²) < 4.78 is 17.0. The Morgan fingerprint density at radius 3 is 2.47 bits per heavy atom. The highest BCUT2D eigenvalue weighted by molar-refractivity contribution is 6.16. The van der Waals surface area contributed by atoms with Gasteiger partial charge in [0.1, 0.15) is 17.1 Å². The van der Waals surface area contributed by atoms with Crippen LogP contribution >= 0.6 is 11.6 Å². The van der Waals surface area contributed by atoms with Crippen molar-refractivity contribution in [1.29, 1.82) is 0 Å². The fourth-order valence-corrected chi connectivity index (χ4v) is 4.29. The number of nitro groups is 1. The number of esters is 1. The first kappa shape index (κ1) is 27.3. The van der Waals surface area contributed by atoms with Gasteiger partial charge in [-0.05, 0) is 30.3 Å². The second-order valence-electron chi connectivity index (χ2n) is 8.92. The number of alkyl halides is 1. The lowest BCUT2D eigenvalue weighted by atomic mass is 10.1. The number of hydrogen-bond donors (Lipinski definition) is 2. The Morgan fingerprint density at radius 1 is 1.21 bits per heavy atom. The number of carbonyl (C=O) groups excluding carboxylic acids is 1. The average Bonchev–Trinajstić information content (AvgIpc) is 3.21. The molecule has 1 aromatic heterocycles. The molecule has 3 aromatic rings. The van der Waals surface area contributed by atoms with Gasteiger partial charge in [-0.1, -0.05) is 6.07 Å².